The Labute approximate surface area is 160 Å². The summed E-state index contributed by atoms with van der Waals surface area (Å²) in [7, 11) is 0. The highest BCUT2D eigenvalue weighted by Gasteiger charge is 2.30. The molecule has 3 rings (SSSR count). The molecule has 2 aromatic heterocycles. The topological polar surface area (TPSA) is 50.2 Å². The van der Waals surface area contributed by atoms with Gasteiger partial charge in [-0.15, -0.1) is 11.3 Å². The van der Waals surface area contributed by atoms with Crippen molar-refractivity contribution in [1.82, 2.24) is 19.8 Å². The van der Waals surface area contributed by atoms with Crippen LogP contribution in [0.15, 0.2) is 29.9 Å². The predicted octanol–water partition coefficient (Wildman–Crippen LogP) is 3.08. The summed E-state index contributed by atoms with van der Waals surface area (Å²) in [6, 6.07) is 4.05. The van der Waals surface area contributed by atoms with Crippen molar-refractivity contribution in [3.05, 3.63) is 40.6 Å². The Morgan fingerprint density at radius 1 is 1.33 bits per heavy atom. The molecule has 0 aliphatic carbocycles. The smallest absolute Gasteiger partial charge is 0.355 e. The number of piperidine rings is 1. The van der Waals surface area contributed by atoms with E-state index in [0.29, 0.717) is 44.8 Å². The van der Waals surface area contributed by atoms with E-state index < -0.39 is 12.7 Å². The van der Waals surface area contributed by atoms with Crippen LogP contribution in [0.3, 0.4) is 0 Å². The molecule has 1 aliphatic rings. The van der Waals surface area contributed by atoms with Gasteiger partial charge < -0.3 is 9.88 Å². The first-order valence-electron chi connectivity index (χ1n) is 9.00. The highest BCUT2D eigenvalue weighted by atomic mass is 32.1. The molecule has 0 atom stereocenters. The van der Waals surface area contributed by atoms with Crippen molar-refractivity contribution in [3.63, 3.8) is 0 Å². The van der Waals surface area contributed by atoms with E-state index in [-0.39, 0.29) is 11.8 Å². The summed E-state index contributed by atoms with van der Waals surface area (Å²) in [6.45, 7) is 1.35. The summed E-state index contributed by atoms with van der Waals surface area (Å²) in [4.78, 5) is 19.7. The molecule has 1 amide bonds. The molecule has 27 heavy (non-hydrogen) atoms. The number of hydrogen-bond acceptors (Lipinski definition) is 4. The molecule has 0 aromatic carbocycles. The summed E-state index contributed by atoms with van der Waals surface area (Å²) >= 11 is 1.68. The SMILES string of the molecule is O=C(NCCc1cccs1)C1CCN(Cc2nccn2CC(F)(F)F)CC1. The van der Waals surface area contributed by atoms with Crippen molar-refractivity contribution in [2.24, 2.45) is 5.92 Å². The minimum atomic E-state index is -4.26. The molecule has 0 spiro atoms. The molecule has 0 bridgehead atoms. The Morgan fingerprint density at radius 3 is 2.78 bits per heavy atom. The van der Waals surface area contributed by atoms with Gasteiger partial charge in [0, 0.05) is 29.7 Å². The van der Waals surface area contributed by atoms with Crippen LogP contribution in [0, 0.1) is 5.92 Å². The number of rotatable bonds is 7. The molecule has 0 unspecified atom stereocenters. The van der Waals surface area contributed by atoms with Crippen LogP contribution < -0.4 is 5.32 Å². The van der Waals surface area contributed by atoms with Gasteiger partial charge in [0.1, 0.15) is 12.4 Å². The molecule has 1 aliphatic heterocycles. The Hall–Kier alpha value is -1.87. The van der Waals surface area contributed by atoms with Crippen molar-refractivity contribution in [2.45, 2.75) is 38.5 Å². The molecule has 0 saturated carbocycles. The lowest BCUT2D eigenvalue weighted by Crippen LogP contribution is -2.41. The summed E-state index contributed by atoms with van der Waals surface area (Å²) in [6.07, 6.45) is 0.759. The zero-order valence-electron chi connectivity index (χ0n) is 14.9. The Morgan fingerprint density at radius 2 is 2.11 bits per heavy atom. The van der Waals surface area contributed by atoms with Crippen LogP contribution in [0.1, 0.15) is 23.5 Å². The third-order valence-corrected chi connectivity index (χ3v) is 5.66. The lowest BCUT2D eigenvalue weighted by molar-refractivity contribution is -0.141. The van der Waals surface area contributed by atoms with Crippen molar-refractivity contribution in [2.75, 3.05) is 19.6 Å². The van der Waals surface area contributed by atoms with Crippen molar-refractivity contribution in [3.8, 4) is 0 Å². The first-order chi connectivity index (χ1) is 12.9. The molecule has 9 heteroatoms. The van der Waals surface area contributed by atoms with E-state index in [1.165, 1.54) is 17.3 Å². The van der Waals surface area contributed by atoms with Gasteiger partial charge in [-0.05, 0) is 43.8 Å². The average Bonchev–Trinajstić information content (AvgIpc) is 3.27. The number of thiophene rings is 1. The quantitative estimate of drug-likeness (QED) is 0.777. The highest BCUT2D eigenvalue weighted by Crippen LogP contribution is 2.21. The Kier molecular flexibility index (Phi) is 6.54. The van der Waals surface area contributed by atoms with Crippen LogP contribution in [-0.2, 0) is 24.3 Å². The van der Waals surface area contributed by atoms with Crippen LogP contribution in [-0.4, -0.2) is 46.2 Å². The zero-order chi connectivity index (χ0) is 19.3. The van der Waals surface area contributed by atoms with Gasteiger partial charge in [0.2, 0.25) is 5.91 Å². The number of imidazole rings is 1. The fourth-order valence-electron chi connectivity index (χ4n) is 3.29. The van der Waals surface area contributed by atoms with E-state index in [1.54, 1.807) is 11.3 Å². The van der Waals surface area contributed by atoms with E-state index in [2.05, 4.69) is 21.3 Å². The van der Waals surface area contributed by atoms with Gasteiger partial charge in [-0.25, -0.2) is 4.98 Å². The van der Waals surface area contributed by atoms with E-state index in [9.17, 15) is 18.0 Å². The fourth-order valence-corrected chi connectivity index (χ4v) is 4.00. The van der Waals surface area contributed by atoms with Gasteiger partial charge in [0.25, 0.3) is 0 Å². The fraction of sp³-hybridized carbons (Fsp3) is 0.556. The number of hydrogen-bond donors (Lipinski definition) is 1. The predicted molar refractivity (Wildman–Crippen MR) is 97.3 cm³/mol. The Bertz CT molecular complexity index is 721. The molecular weight excluding hydrogens is 377 g/mol. The van der Waals surface area contributed by atoms with Crippen LogP contribution >= 0.6 is 11.3 Å². The second-order valence-corrected chi connectivity index (χ2v) is 7.79. The average molecular weight is 400 g/mol. The van der Waals surface area contributed by atoms with E-state index >= 15 is 0 Å². The monoisotopic (exact) mass is 400 g/mol. The van der Waals surface area contributed by atoms with Crippen molar-refractivity contribution >= 4 is 17.2 Å². The second kappa shape index (κ2) is 8.88. The van der Waals surface area contributed by atoms with Gasteiger partial charge in [0.05, 0.1) is 6.54 Å². The Balaban J connectivity index is 1.41. The third kappa shape index (κ3) is 6.07. The maximum atomic E-state index is 12.6. The maximum absolute atomic E-state index is 12.6. The van der Waals surface area contributed by atoms with Gasteiger partial charge in [-0.2, -0.15) is 13.2 Å². The van der Waals surface area contributed by atoms with E-state index in [0.717, 1.165) is 11.0 Å². The summed E-state index contributed by atoms with van der Waals surface area (Å²) in [5, 5.41) is 5.01. The first kappa shape index (κ1) is 19.9. The molecular formula is C18H23F3N4OS. The first-order valence-corrected chi connectivity index (χ1v) is 9.88. The molecule has 1 N–H and O–H groups in total. The minimum absolute atomic E-state index is 0.0282. The van der Waals surface area contributed by atoms with Crippen LogP contribution in [0.4, 0.5) is 13.2 Å². The van der Waals surface area contributed by atoms with Gasteiger partial charge in [-0.3, -0.25) is 9.69 Å². The number of aromatic nitrogens is 2. The van der Waals surface area contributed by atoms with Gasteiger partial charge in [-0.1, -0.05) is 6.07 Å². The standard InChI is InChI=1S/C18H23F3N4OS/c19-18(20,21)13-25-10-7-22-16(25)12-24-8-4-14(5-9-24)17(26)23-6-3-15-2-1-11-27-15/h1-2,7,10-11,14H,3-6,8-9,12-13H2,(H,23,26). The highest BCUT2D eigenvalue weighted by molar-refractivity contribution is 7.09. The number of carbonyl (C=O) groups excluding carboxylic acids is 1. The third-order valence-electron chi connectivity index (χ3n) is 4.73. The number of nitrogens with one attached hydrogen (secondary N) is 1. The largest absolute Gasteiger partial charge is 0.406 e. The number of halogens is 3. The maximum Gasteiger partial charge on any atom is 0.406 e. The molecule has 148 valence electrons. The molecule has 1 fully saturated rings. The summed E-state index contributed by atoms with van der Waals surface area (Å²) in [5.74, 6) is 0.454. The normalized spacial score (nSPS) is 16.6. The number of alkyl halides is 3. The van der Waals surface area contributed by atoms with E-state index in [1.807, 2.05) is 11.4 Å². The molecule has 3 heterocycles. The molecule has 5 nitrogen and oxygen atoms in total. The number of carbonyl (C=O) groups is 1. The zero-order valence-corrected chi connectivity index (χ0v) is 15.7. The van der Waals surface area contributed by atoms with Gasteiger partial charge in [0.15, 0.2) is 0 Å². The summed E-state index contributed by atoms with van der Waals surface area (Å²) in [5.41, 5.74) is 0. The lowest BCUT2D eigenvalue weighted by Gasteiger charge is -2.31. The summed E-state index contributed by atoms with van der Waals surface area (Å²) < 4.78 is 39.0. The number of nitrogens with zero attached hydrogens (tertiary/aromatic N) is 3. The molecule has 0 radical (unpaired) electrons. The molecule has 2 aromatic rings. The van der Waals surface area contributed by atoms with Crippen molar-refractivity contribution in [1.29, 1.82) is 0 Å². The minimum Gasteiger partial charge on any atom is -0.355 e. The van der Waals surface area contributed by atoms with Crippen LogP contribution in [0.5, 0.6) is 0 Å². The van der Waals surface area contributed by atoms with Crippen LogP contribution in [0.25, 0.3) is 0 Å². The van der Waals surface area contributed by atoms with Crippen LogP contribution in [0.2, 0.25) is 0 Å². The number of likely N-dealkylation sites (tertiary alicyclic amines) is 1. The molecule has 1 saturated heterocycles. The number of amides is 1. The van der Waals surface area contributed by atoms with E-state index in [4.69, 9.17) is 0 Å². The second-order valence-electron chi connectivity index (χ2n) is 6.76. The lowest BCUT2D eigenvalue weighted by atomic mass is 9.96. The van der Waals surface area contributed by atoms with Crippen molar-refractivity contribution < 1.29 is 18.0 Å². The van der Waals surface area contributed by atoms with Gasteiger partial charge >= 0.3 is 6.18 Å².